The number of likely N-dealkylation sites (N-methyl/N-ethyl adjacent to an activating group) is 1. The van der Waals surface area contributed by atoms with E-state index >= 15 is 0 Å². The van der Waals surface area contributed by atoms with Crippen molar-refractivity contribution in [3.05, 3.63) is 69.4 Å². The van der Waals surface area contributed by atoms with Crippen molar-refractivity contribution in [3.63, 3.8) is 0 Å². The predicted octanol–water partition coefficient (Wildman–Crippen LogP) is 2.24. The van der Waals surface area contributed by atoms with Crippen LogP contribution in [0.25, 0.3) is 11.0 Å². The number of aromatic amines is 1. The Hall–Kier alpha value is -3.30. The van der Waals surface area contributed by atoms with Gasteiger partial charge in [0.2, 0.25) is 0 Å². The number of hydrogen-bond donors (Lipinski definition) is 2. The van der Waals surface area contributed by atoms with E-state index in [4.69, 9.17) is 0 Å². The van der Waals surface area contributed by atoms with Gasteiger partial charge in [-0.15, -0.1) is 0 Å². The first-order chi connectivity index (χ1) is 16.8. The van der Waals surface area contributed by atoms with Crippen LogP contribution in [0.1, 0.15) is 28.4 Å². The van der Waals surface area contributed by atoms with Crippen LogP contribution >= 0.6 is 0 Å². The normalized spacial score (nSPS) is 14.6. The van der Waals surface area contributed by atoms with Crippen molar-refractivity contribution in [3.8, 4) is 0 Å². The number of halogens is 1. The molecule has 0 aliphatic carbocycles. The van der Waals surface area contributed by atoms with Crippen LogP contribution < -0.4 is 15.8 Å². The van der Waals surface area contributed by atoms with Crippen LogP contribution in [0.4, 0.5) is 10.1 Å². The summed E-state index contributed by atoms with van der Waals surface area (Å²) in [6.07, 6.45) is 2.54. The Bertz CT molecular complexity index is 1250. The highest BCUT2D eigenvalue weighted by Gasteiger charge is 2.20. The van der Waals surface area contributed by atoms with Gasteiger partial charge in [-0.25, -0.2) is 4.39 Å². The Balaban J connectivity index is 1.34. The quantitative estimate of drug-likeness (QED) is 0.515. The maximum Gasteiger partial charge on any atom is 0.254 e. The Kier molecular flexibility index (Phi) is 7.77. The molecule has 1 aromatic carbocycles. The van der Waals surface area contributed by atoms with Crippen molar-refractivity contribution in [2.24, 2.45) is 0 Å². The van der Waals surface area contributed by atoms with Gasteiger partial charge in [0.15, 0.2) is 0 Å². The minimum Gasteiger partial charge on any atom is -0.369 e. The van der Waals surface area contributed by atoms with Gasteiger partial charge in [-0.2, -0.15) is 0 Å². The van der Waals surface area contributed by atoms with E-state index in [1.807, 2.05) is 50.3 Å². The second kappa shape index (κ2) is 11.0. The zero-order chi connectivity index (χ0) is 24.9. The van der Waals surface area contributed by atoms with E-state index < -0.39 is 11.7 Å². The first-order valence-corrected chi connectivity index (χ1v) is 12.0. The molecule has 9 heteroatoms. The number of H-pyrrole nitrogens is 1. The molecule has 0 spiro atoms. The van der Waals surface area contributed by atoms with E-state index in [1.54, 1.807) is 6.07 Å². The Morgan fingerprint density at radius 2 is 1.94 bits per heavy atom. The van der Waals surface area contributed by atoms with Gasteiger partial charge < -0.3 is 20.1 Å². The average Bonchev–Trinajstić information content (AvgIpc) is 2.83. The number of piperazine rings is 1. The number of pyridine rings is 2. The monoisotopic (exact) mass is 480 g/mol. The average molecular weight is 481 g/mol. The number of hydrogen-bond acceptors (Lipinski definition) is 6. The summed E-state index contributed by atoms with van der Waals surface area (Å²) in [7, 11) is 3.84. The number of carbonyl (C=O) groups excluding carboxylic acids is 1. The molecular formula is C26H33FN6O2. The van der Waals surface area contributed by atoms with Crippen LogP contribution in [0.3, 0.4) is 0 Å². The highest BCUT2D eigenvalue weighted by molar-refractivity contribution is 5.94. The summed E-state index contributed by atoms with van der Waals surface area (Å²) >= 11 is 0. The number of aromatic nitrogens is 2. The highest BCUT2D eigenvalue weighted by atomic mass is 19.1. The van der Waals surface area contributed by atoms with Gasteiger partial charge in [0.1, 0.15) is 5.82 Å². The summed E-state index contributed by atoms with van der Waals surface area (Å²) in [5, 5.41) is 2.75. The van der Waals surface area contributed by atoms with Gasteiger partial charge in [0, 0.05) is 63.3 Å². The lowest BCUT2D eigenvalue weighted by Crippen LogP contribution is -2.46. The molecular weight excluding hydrogens is 447 g/mol. The molecule has 2 N–H and O–H groups in total. The number of aryl methyl sites for hydroxylation is 1. The third kappa shape index (κ3) is 6.04. The third-order valence-corrected chi connectivity index (χ3v) is 6.39. The number of carbonyl (C=O) groups is 1. The number of rotatable bonds is 8. The van der Waals surface area contributed by atoms with Crippen LogP contribution in [0.15, 0.2) is 41.3 Å². The van der Waals surface area contributed by atoms with Gasteiger partial charge in [-0.1, -0.05) is 6.92 Å². The molecule has 0 bridgehead atoms. The zero-order valence-electron chi connectivity index (χ0n) is 20.6. The molecule has 1 amide bonds. The summed E-state index contributed by atoms with van der Waals surface area (Å²) in [5.74, 6) is -0.897. The van der Waals surface area contributed by atoms with E-state index in [9.17, 15) is 14.0 Å². The summed E-state index contributed by atoms with van der Waals surface area (Å²) in [5.41, 5.74) is 4.13. The molecule has 0 saturated carbocycles. The summed E-state index contributed by atoms with van der Waals surface area (Å²) in [4.78, 5) is 38.3. The Labute approximate surface area is 204 Å². The van der Waals surface area contributed by atoms with Crippen LogP contribution in [-0.2, 0) is 13.0 Å². The highest BCUT2D eigenvalue weighted by Crippen LogP contribution is 2.21. The maximum atomic E-state index is 14.7. The third-order valence-electron chi connectivity index (χ3n) is 6.39. The first-order valence-electron chi connectivity index (χ1n) is 12.0. The molecule has 1 aliphatic rings. The van der Waals surface area contributed by atoms with Gasteiger partial charge in [0.25, 0.3) is 11.5 Å². The number of nitrogens with zero attached hydrogens (tertiary/aromatic N) is 4. The molecule has 4 rings (SSSR count). The zero-order valence-corrected chi connectivity index (χ0v) is 20.6. The fraction of sp³-hybridized carbons (Fsp3) is 0.423. The SMILES string of the molecule is CCc1cc2ncc(CN3CCN(c4ccc(C(=O)NCCN(C)C)c(F)c4)CC3)cc2[nH]c1=O. The Morgan fingerprint density at radius 3 is 2.63 bits per heavy atom. The van der Waals surface area contributed by atoms with Crippen molar-refractivity contribution in [1.29, 1.82) is 0 Å². The van der Waals surface area contributed by atoms with E-state index in [1.165, 1.54) is 6.07 Å². The smallest absolute Gasteiger partial charge is 0.254 e. The maximum absolute atomic E-state index is 14.7. The molecule has 0 radical (unpaired) electrons. The van der Waals surface area contributed by atoms with Crippen molar-refractivity contribution in [2.45, 2.75) is 19.9 Å². The van der Waals surface area contributed by atoms with E-state index in [0.29, 0.717) is 19.5 Å². The summed E-state index contributed by atoms with van der Waals surface area (Å²) in [6.45, 7) is 7.00. The summed E-state index contributed by atoms with van der Waals surface area (Å²) < 4.78 is 14.7. The number of fused-ring (bicyclic) bond motifs is 1. The molecule has 1 saturated heterocycles. The molecule has 3 heterocycles. The fourth-order valence-electron chi connectivity index (χ4n) is 4.31. The van der Waals surface area contributed by atoms with Crippen molar-refractivity contribution in [2.75, 3.05) is 58.3 Å². The molecule has 1 fully saturated rings. The molecule has 35 heavy (non-hydrogen) atoms. The largest absolute Gasteiger partial charge is 0.369 e. The molecule has 186 valence electrons. The van der Waals surface area contributed by atoms with Crippen LogP contribution in [0.2, 0.25) is 0 Å². The van der Waals surface area contributed by atoms with Crippen molar-refractivity contribution in [1.82, 2.24) is 25.1 Å². The number of anilines is 1. The van der Waals surface area contributed by atoms with Gasteiger partial charge in [-0.3, -0.25) is 19.5 Å². The first kappa shape index (κ1) is 24.8. The van der Waals surface area contributed by atoms with Crippen molar-refractivity contribution >= 4 is 22.6 Å². The standard InChI is InChI=1S/C26H33FN6O2/c1-4-19-14-23-24(30-25(19)34)13-18(16-29-23)17-32-9-11-33(12-10-32)20-5-6-21(22(27)15-20)26(35)28-7-8-31(2)3/h5-6,13-16H,4,7-12,17H2,1-3H3,(H,28,35)(H,30,34). The molecule has 0 atom stereocenters. The topological polar surface area (TPSA) is 84.6 Å². The van der Waals surface area contributed by atoms with Crippen LogP contribution in [0.5, 0.6) is 0 Å². The lowest BCUT2D eigenvalue weighted by atomic mass is 10.1. The number of amides is 1. The minimum atomic E-state index is -0.505. The molecule has 3 aromatic rings. The van der Waals surface area contributed by atoms with Crippen molar-refractivity contribution < 1.29 is 9.18 Å². The fourth-order valence-corrected chi connectivity index (χ4v) is 4.31. The van der Waals surface area contributed by atoms with E-state index in [-0.39, 0.29) is 11.1 Å². The predicted molar refractivity (Wildman–Crippen MR) is 137 cm³/mol. The lowest BCUT2D eigenvalue weighted by Gasteiger charge is -2.36. The van der Waals surface area contributed by atoms with Gasteiger partial charge >= 0.3 is 0 Å². The number of benzene rings is 1. The second-order valence-electron chi connectivity index (χ2n) is 9.24. The lowest BCUT2D eigenvalue weighted by molar-refractivity contribution is 0.0947. The molecule has 2 aromatic heterocycles. The molecule has 0 unspecified atom stereocenters. The molecule has 8 nitrogen and oxygen atoms in total. The van der Waals surface area contributed by atoms with Gasteiger partial charge in [-0.05, 0) is 56.4 Å². The van der Waals surface area contributed by atoms with Crippen LogP contribution in [0, 0.1) is 5.82 Å². The summed E-state index contributed by atoms with van der Waals surface area (Å²) in [6, 6.07) is 8.67. The molecule has 1 aliphatic heterocycles. The van der Waals surface area contributed by atoms with E-state index in [2.05, 4.69) is 25.1 Å². The van der Waals surface area contributed by atoms with Crippen LogP contribution in [-0.4, -0.2) is 79.0 Å². The Morgan fingerprint density at radius 1 is 1.17 bits per heavy atom. The van der Waals surface area contributed by atoms with E-state index in [0.717, 1.165) is 60.6 Å². The second-order valence-corrected chi connectivity index (χ2v) is 9.24. The van der Waals surface area contributed by atoms with Gasteiger partial charge in [0.05, 0.1) is 16.6 Å². The minimum absolute atomic E-state index is 0.0585. The number of nitrogens with one attached hydrogen (secondary N) is 2.